The number of benzene rings is 2. The van der Waals surface area contributed by atoms with E-state index in [1.807, 2.05) is 51.4 Å². The minimum absolute atomic E-state index is 0. The summed E-state index contributed by atoms with van der Waals surface area (Å²) in [5.41, 5.74) is 8.88. The lowest BCUT2D eigenvalue weighted by Crippen LogP contribution is -2.23. The molecule has 0 saturated heterocycles. The largest absolute Gasteiger partial charge is 0.492 e. The smallest absolute Gasteiger partial charge is 0.251 e. The van der Waals surface area contributed by atoms with Crippen LogP contribution in [0.5, 0.6) is 5.75 Å². The van der Waals surface area contributed by atoms with E-state index >= 15 is 0 Å². The van der Waals surface area contributed by atoms with Gasteiger partial charge in [0.2, 0.25) is 0 Å². The summed E-state index contributed by atoms with van der Waals surface area (Å²) in [5.74, 6) is 0.713. The van der Waals surface area contributed by atoms with Crippen LogP contribution in [0.1, 0.15) is 21.5 Å². The predicted molar refractivity (Wildman–Crippen MR) is 112 cm³/mol. The minimum atomic E-state index is -0.119. The molecule has 0 spiro atoms. The van der Waals surface area contributed by atoms with Crippen molar-refractivity contribution < 1.29 is 9.53 Å². The number of nitrogen functional groups attached to an aromatic ring is 1. The first kappa shape index (κ1) is 24.1. The van der Waals surface area contributed by atoms with E-state index in [4.69, 9.17) is 10.5 Å². The van der Waals surface area contributed by atoms with E-state index in [1.165, 1.54) is 0 Å². The number of nitrogens with one attached hydrogen (secondary N) is 1. The summed E-state index contributed by atoms with van der Waals surface area (Å²) in [6, 6.07) is 13.1. The fourth-order valence-corrected chi connectivity index (χ4v) is 2.21. The zero-order chi connectivity index (χ0) is 17.5. The molecule has 26 heavy (non-hydrogen) atoms. The fourth-order valence-electron chi connectivity index (χ4n) is 2.21. The third-order valence-corrected chi connectivity index (χ3v) is 3.69. The zero-order valence-corrected chi connectivity index (χ0v) is 17.0. The summed E-state index contributed by atoms with van der Waals surface area (Å²) in [4.78, 5) is 14.3. The van der Waals surface area contributed by atoms with Crippen LogP contribution in [0.2, 0.25) is 0 Å². The van der Waals surface area contributed by atoms with E-state index in [9.17, 15) is 4.79 Å². The molecule has 7 heteroatoms. The van der Waals surface area contributed by atoms with Gasteiger partial charge < -0.3 is 20.7 Å². The Balaban J connectivity index is 0.00000312. The van der Waals surface area contributed by atoms with Crippen LogP contribution in [0, 0.1) is 6.92 Å². The molecule has 0 atom stereocenters. The zero-order valence-electron chi connectivity index (χ0n) is 15.3. The molecule has 0 saturated carbocycles. The quantitative estimate of drug-likeness (QED) is 0.700. The Hall–Kier alpha value is -1.95. The highest BCUT2D eigenvalue weighted by Gasteiger charge is 2.09. The molecule has 0 radical (unpaired) electrons. The lowest BCUT2D eigenvalue weighted by Gasteiger charge is -2.12. The molecule has 2 aromatic rings. The Kier molecular flexibility index (Phi) is 10.8. The maximum Gasteiger partial charge on any atom is 0.251 e. The van der Waals surface area contributed by atoms with E-state index in [-0.39, 0.29) is 30.7 Å². The molecule has 0 heterocycles. The summed E-state index contributed by atoms with van der Waals surface area (Å²) in [6.07, 6.45) is 0. The molecule has 0 aliphatic heterocycles. The number of nitrogens with zero attached hydrogens (tertiary/aromatic N) is 1. The number of carbonyl (C=O) groups is 1. The van der Waals surface area contributed by atoms with Gasteiger partial charge in [-0.25, -0.2) is 0 Å². The van der Waals surface area contributed by atoms with Crippen molar-refractivity contribution in [3.8, 4) is 5.75 Å². The first-order valence-electron chi connectivity index (χ1n) is 7.96. The summed E-state index contributed by atoms with van der Waals surface area (Å²) >= 11 is 0. The highest BCUT2D eigenvalue weighted by molar-refractivity contribution is 5.96. The van der Waals surface area contributed by atoms with Gasteiger partial charge in [0, 0.05) is 24.3 Å². The van der Waals surface area contributed by atoms with Crippen LogP contribution in [-0.2, 0) is 6.54 Å². The van der Waals surface area contributed by atoms with Crippen molar-refractivity contribution in [1.29, 1.82) is 0 Å². The molecule has 144 valence electrons. The van der Waals surface area contributed by atoms with Crippen LogP contribution in [0.15, 0.2) is 42.5 Å². The molecule has 2 rings (SSSR count). The molecule has 0 unspecified atom stereocenters. The van der Waals surface area contributed by atoms with Crippen molar-refractivity contribution in [2.75, 3.05) is 33.0 Å². The summed E-state index contributed by atoms with van der Waals surface area (Å²) in [6.45, 7) is 3.88. The van der Waals surface area contributed by atoms with Gasteiger partial charge in [0.25, 0.3) is 5.91 Å². The molecule has 3 N–H and O–H groups in total. The number of nitrogens with two attached hydrogens (primary N) is 1. The molecule has 0 aliphatic rings. The molecular formula is C19H27Cl2N3O2. The van der Waals surface area contributed by atoms with Crippen LogP contribution in [0.4, 0.5) is 5.69 Å². The first-order valence-corrected chi connectivity index (χ1v) is 7.96. The average molecular weight is 400 g/mol. The van der Waals surface area contributed by atoms with E-state index in [1.54, 1.807) is 12.1 Å². The number of anilines is 1. The van der Waals surface area contributed by atoms with Crippen LogP contribution >= 0.6 is 24.8 Å². The molecule has 0 fully saturated rings. The number of hydrogen-bond donors (Lipinski definition) is 2. The Morgan fingerprint density at radius 2 is 1.77 bits per heavy atom. The van der Waals surface area contributed by atoms with Crippen molar-refractivity contribution in [2.24, 2.45) is 0 Å². The number of amides is 1. The molecule has 2 aromatic carbocycles. The topological polar surface area (TPSA) is 67.6 Å². The number of aryl methyl sites for hydroxylation is 1. The van der Waals surface area contributed by atoms with Crippen LogP contribution in [-0.4, -0.2) is 38.1 Å². The predicted octanol–water partition coefficient (Wildman–Crippen LogP) is 3.29. The van der Waals surface area contributed by atoms with Crippen LogP contribution in [0.3, 0.4) is 0 Å². The molecular weight excluding hydrogens is 373 g/mol. The fraction of sp³-hybridized carbons (Fsp3) is 0.316. The minimum Gasteiger partial charge on any atom is -0.492 e. The van der Waals surface area contributed by atoms with E-state index < -0.39 is 0 Å². The standard InChI is InChI=1S/C19H25N3O2.2ClH/c1-14-4-7-16(20)12-18(14)19(23)21-13-15-5-8-17(9-6-15)24-11-10-22(2)3;;/h4-9,12H,10-11,13,20H2,1-3H3,(H,21,23);2*1H. The Labute approximate surface area is 167 Å². The van der Waals surface area contributed by atoms with Gasteiger partial charge in [0.15, 0.2) is 0 Å². The third kappa shape index (κ3) is 7.52. The lowest BCUT2D eigenvalue weighted by atomic mass is 10.1. The number of halogens is 2. The number of carbonyl (C=O) groups excluding carboxylic acids is 1. The Morgan fingerprint density at radius 1 is 1.12 bits per heavy atom. The lowest BCUT2D eigenvalue weighted by molar-refractivity contribution is 0.0950. The van der Waals surface area contributed by atoms with Gasteiger partial charge in [-0.05, 0) is 56.4 Å². The molecule has 0 bridgehead atoms. The highest BCUT2D eigenvalue weighted by Crippen LogP contribution is 2.14. The van der Waals surface area contributed by atoms with Gasteiger partial charge in [0.1, 0.15) is 12.4 Å². The first-order chi connectivity index (χ1) is 11.5. The normalized spacial score (nSPS) is 9.85. The van der Waals surface area contributed by atoms with Gasteiger partial charge >= 0.3 is 0 Å². The van der Waals surface area contributed by atoms with Gasteiger partial charge in [-0.1, -0.05) is 18.2 Å². The SMILES string of the molecule is Cc1ccc(N)cc1C(=O)NCc1ccc(OCCN(C)C)cc1.Cl.Cl. The van der Waals surface area contributed by atoms with Crippen LogP contribution in [0.25, 0.3) is 0 Å². The van der Waals surface area contributed by atoms with Gasteiger partial charge in [-0.3, -0.25) is 4.79 Å². The van der Waals surface area contributed by atoms with E-state index in [2.05, 4.69) is 10.2 Å². The van der Waals surface area contributed by atoms with Crippen molar-refractivity contribution >= 4 is 36.4 Å². The molecule has 5 nitrogen and oxygen atoms in total. The van der Waals surface area contributed by atoms with Crippen molar-refractivity contribution in [3.63, 3.8) is 0 Å². The van der Waals surface area contributed by atoms with Crippen molar-refractivity contribution in [1.82, 2.24) is 10.2 Å². The Morgan fingerprint density at radius 3 is 2.38 bits per heavy atom. The average Bonchev–Trinajstić information content (AvgIpc) is 2.55. The maximum absolute atomic E-state index is 12.3. The Bertz CT molecular complexity index is 692. The van der Waals surface area contributed by atoms with Gasteiger partial charge in [0.05, 0.1) is 0 Å². The van der Waals surface area contributed by atoms with Crippen molar-refractivity contribution in [2.45, 2.75) is 13.5 Å². The van der Waals surface area contributed by atoms with E-state index in [0.717, 1.165) is 23.4 Å². The third-order valence-electron chi connectivity index (χ3n) is 3.69. The second kappa shape index (κ2) is 11.6. The second-order valence-corrected chi connectivity index (χ2v) is 6.05. The summed E-state index contributed by atoms with van der Waals surface area (Å²) < 4.78 is 5.65. The number of rotatable bonds is 7. The van der Waals surface area contributed by atoms with Gasteiger partial charge in [-0.15, -0.1) is 24.8 Å². The molecule has 0 aromatic heterocycles. The monoisotopic (exact) mass is 399 g/mol. The number of ether oxygens (including phenoxy) is 1. The number of likely N-dealkylation sites (N-methyl/N-ethyl adjacent to an activating group) is 1. The van der Waals surface area contributed by atoms with E-state index in [0.29, 0.717) is 24.4 Å². The molecule has 1 amide bonds. The van der Waals surface area contributed by atoms with Crippen LogP contribution < -0.4 is 15.8 Å². The summed E-state index contributed by atoms with van der Waals surface area (Å²) in [7, 11) is 4.02. The van der Waals surface area contributed by atoms with Crippen molar-refractivity contribution in [3.05, 3.63) is 59.2 Å². The highest BCUT2D eigenvalue weighted by atomic mass is 35.5. The number of hydrogen-bond acceptors (Lipinski definition) is 4. The summed E-state index contributed by atoms with van der Waals surface area (Å²) in [5, 5.41) is 2.92. The van der Waals surface area contributed by atoms with Gasteiger partial charge in [-0.2, -0.15) is 0 Å². The second-order valence-electron chi connectivity index (χ2n) is 6.05. The maximum atomic E-state index is 12.3. The molecule has 0 aliphatic carbocycles.